The Bertz CT molecular complexity index is 600. The van der Waals surface area contributed by atoms with Crippen LogP contribution in [0.4, 0.5) is 14.5 Å². The van der Waals surface area contributed by atoms with Crippen LogP contribution in [0.5, 0.6) is 0 Å². The first-order chi connectivity index (χ1) is 10.3. The van der Waals surface area contributed by atoms with Gasteiger partial charge in [0.2, 0.25) is 9.84 Å². The maximum atomic E-state index is 12.8. The second kappa shape index (κ2) is 6.89. The Morgan fingerprint density at radius 2 is 1.77 bits per heavy atom. The van der Waals surface area contributed by atoms with Crippen molar-refractivity contribution < 1.29 is 22.3 Å². The number of β-amino-alcohol motifs (C(OH)–C–C–N with tert-alkyl or cyclic N) is 1. The van der Waals surface area contributed by atoms with Gasteiger partial charge in [0.15, 0.2) is 0 Å². The van der Waals surface area contributed by atoms with Gasteiger partial charge in [-0.15, -0.1) is 0 Å². The van der Waals surface area contributed by atoms with Crippen LogP contribution in [0, 0.1) is 0 Å². The highest BCUT2D eigenvalue weighted by atomic mass is 32.2. The van der Waals surface area contributed by atoms with E-state index in [0.29, 0.717) is 38.4 Å². The number of halogens is 2. The van der Waals surface area contributed by atoms with E-state index in [9.17, 15) is 22.3 Å². The van der Waals surface area contributed by atoms with Gasteiger partial charge in [-0.3, -0.25) is 4.90 Å². The third kappa shape index (κ3) is 3.74. The predicted molar refractivity (Wildman–Crippen MR) is 80.0 cm³/mol. The van der Waals surface area contributed by atoms with E-state index >= 15 is 0 Å². The fourth-order valence-corrected chi connectivity index (χ4v) is 3.55. The molecular weight excluding hydrogens is 314 g/mol. The molecule has 1 aromatic rings. The molecule has 1 fully saturated rings. The van der Waals surface area contributed by atoms with Crippen LogP contribution in [0.3, 0.4) is 0 Å². The van der Waals surface area contributed by atoms with Crippen LogP contribution in [0.2, 0.25) is 0 Å². The summed E-state index contributed by atoms with van der Waals surface area (Å²) in [6.45, 7) is 4.61. The van der Waals surface area contributed by atoms with Crippen molar-refractivity contribution in [1.82, 2.24) is 4.90 Å². The Balaban J connectivity index is 2.18. The zero-order chi connectivity index (χ0) is 16.3. The number of rotatable bonds is 5. The summed E-state index contributed by atoms with van der Waals surface area (Å²) in [5.41, 5.74) is 0.319. The smallest absolute Gasteiger partial charge is 0.341 e. The normalized spacial score (nSPS) is 18.7. The fourth-order valence-electron chi connectivity index (χ4n) is 2.60. The minimum atomic E-state index is -4.62. The van der Waals surface area contributed by atoms with E-state index in [2.05, 4.69) is 4.90 Å². The summed E-state index contributed by atoms with van der Waals surface area (Å²) in [5, 5.41) is 9.38. The van der Waals surface area contributed by atoms with Gasteiger partial charge < -0.3 is 10.0 Å². The number of para-hydroxylation sites is 1. The Labute approximate surface area is 129 Å². The lowest BCUT2D eigenvalue weighted by atomic mass is 10.2. The molecule has 22 heavy (non-hydrogen) atoms. The Morgan fingerprint density at radius 1 is 1.18 bits per heavy atom. The highest BCUT2D eigenvalue weighted by molar-refractivity contribution is 7.91. The van der Waals surface area contributed by atoms with Crippen molar-refractivity contribution in [2.75, 3.05) is 37.6 Å². The quantitative estimate of drug-likeness (QED) is 0.876. The lowest BCUT2D eigenvalue weighted by molar-refractivity contribution is 0.122. The molecule has 1 aliphatic heterocycles. The highest BCUT2D eigenvalue weighted by Crippen LogP contribution is 2.29. The van der Waals surface area contributed by atoms with Crippen LogP contribution in [0.1, 0.15) is 6.92 Å². The van der Waals surface area contributed by atoms with E-state index in [1.54, 1.807) is 24.0 Å². The summed E-state index contributed by atoms with van der Waals surface area (Å²) >= 11 is 0. The Hall–Kier alpha value is -1.25. The van der Waals surface area contributed by atoms with Crippen LogP contribution >= 0.6 is 0 Å². The van der Waals surface area contributed by atoms with Crippen LogP contribution in [0.15, 0.2) is 29.2 Å². The lowest BCUT2D eigenvalue weighted by Crippen LogP contribution is -2.48. The summed E-state index contributed by atoms with van der Waals surface area (Å²) in [5.74, 6) is -3.43. The maximum absolute atomic E-state index is 12.8. The molecule has 5 nitrogen and oxygen atoms in total. The molecule has 0 saturated carbocycles. The average molecular weight is 334 g/mol. The number of aliphatic hydroxyl groups excluding tert-OH is 1. The molecule has 2 rings (SSSR count). The standard InChI is InChI=1S/C14H20F2N2O3S/c1-11(19)10-17-6-8-18(9-7-17)12-4-2-3-5-13(12)22(20,21)14(15)16/h2-5,11,14,19H,6-10H2,1H3/t11-/m1/s1. The van der Waals surface area contributed by atoms with Gasteiger partial charge >= 0.3 is 5.76 Å². The molecule has 0 radical (unpaired) electrons. The first-order valence-corrected chi connectivity index (χ1v) is 8.63. The molecule has 124 valence electrons. The Morgan fingerprint density at radius 3 is 2.32 bits per heavy atom. The number of hydrogen-bond donors (Lipinski definition) is 1. The molecule has 0 bridgehead atoms. The molecule has 0 spiro atoms. The van der Waals surface area contributed by atoms with Crippen molar-refractivity contribution in [3.8, 4) is 0 Å². The number of aliphatic hydroxyl groups is 1. The summed E-state index contributed by atoms with van der Waals surface area (Å²) in [6.07, 6.45) is -0.432. The molecule has 0 amide bonds. The van der Waals surface area contributed by atoms with Crippen molar-refractivity contribution in [1.29, 1.82) is 0 Å². The van der Waals surface area contributed by atoms with E-state index in [1.165, 1.54) is 12.1 Å². The van der Waals surface area contributed by atoms with E-state index < -0.39 is 21.7 Å². The number of piperazine rings is 1. The predicted octanol–water partition coefficient (Wildman–Crippen LogP) is 1.19. The van der Waals surface area contributed by atoms with E-state index in [4.69, 9.17) is 0 Å². The largest absolute Gasteiger partial charge is 0.392 e. The SMILES string of the molecule is C[C@@H](O)CN1CCN(c2ccccc2S(=O)(=O)C(F)F)CC1. The van der Waals surface area contributed by atoms with E-state index in [-0.39, 0.29) is 4.90 Å². The van der Waals surface area contributed by atoms with E-state index in [1.807, 2.05) is 0 Å². The van der Waals surface area contributed by atoms with Crippen molar-refractivity contribution in [3.05, 3.63) is 24.3 Å². The third-order valence-corrected chi connectivity index (χ3v) is 5.07. The first-order valence-electron chi connectivity index (χ1n) is 7.09. The number of anilines is 1. The van der Waals surface area contributed by atoms with Crippen molar-refractivity contribution in [2.45, 2.75) is 23.7 Å². The van der Waals surface area contributed by atoms with Crippen molar-refractivity contribution in [3.63, 3.8) is 0 Å². The van der Waals surface area contributed by atoms with Gasteiger partial charge in [-0.05, 0) is 19.1 Å². The molecule has 1 saturated heterocycles. The van der Waals surface area contributed by atoms with Crippen molar-refractivity contribution in [2.24, 2.45) is 0 Å². The van der Waals surface area contributed by atoms with Gasteiger partial charge in [-0.2, -0.15) is 8.78 Å². The molecule has 0 unspecified atom stereocenters. The molecule has 1 atom stereocenters. The second-order valence-electron chi connectivity index (χ2n) is 5.41. The van der Waals surface area contributed by atoms with Crippen molar-refractivity contribution >= 4 is 15.5 Å². The molecule has 0 aliphatic carbocycles. The number of alkyl halides is 2. The zero-order valence-electron chi connectivity index (χ0n) is 12.3. The van der Waals surface area contributed by atoms with Gasteiger partial charge in [-0.25, -0.2) is 8.42 Å². The minimum Gasteiger partial charge on any atom is -0.392 e. The minimum absolute atomic E-state index is 0.319. The van der Waals surface area contributed by atoms with Crippen LogP contribution < -0.4 is 4.90 Å². The monoisotopic (exact) mass is 334 g/mol. The van der Waals surface area contributed by atoms with Gasteiger partial charge in [0, 0.05) is 32.7 Å². The lowest BCUT2D eigenvalue weighted by Gasteiger charge is -2.37. The molecule has 0 aromatic heterocycles. The summed E-state index contributed by atoms with van der Waals surface area (Å²) < 4.78 is 49.2. The molecule has 1 N–H and O–H groups in total. The molecule has 8 heteroatoms. The first kappa shape index (κ1) is 17.1. The molecule has 1 heterocycles. The van der Waals surface area contributed by atoms with E-state index in [0.717, 1.165) is 0 Å². The Kier molecular flexibility index (Phi) is 5.36. The number of nitrogens with zero attached hydrogens (tertiary/aromatic N) is 2. The summed E-state index contributed by atoms with van der Waals surface area (Å²) in [4.78, 5) is 3.54. The average Bonchev–Trinajstić information content (AvgIpc) is 2.47. The summed E-state index contributed by atoms with van der Waals surface area (Å²) in [7, 11) is -4.62. The maximum Gasteiger partial charge on any atom is 0.341 e. The number of hydrogen-bond acceptors (Lipinski definition) is 5. The summed E-state index contributed by atoms with van der Waals surface area (Å²) in [6, 6.07) is 5.86. The van der Waals surface area contributed by atoms with Gasteiger partial charge in [-0.1, -0.05) is 12.1 Å². The van der Waals surface area contributed by atoms with Crippen LogP contribution in [-0.2, 0) is 9.84 Å². The van der Waals surface area contributed by atoms with Gasteiger partial charge in [0.25, 0.3) is 0 Å². The highest BCUT2D eigenvalue weighted by Gasteiger charge is 2.31. The molecule has 1 aromatic carbocycles. The molecular formula is C14H20F2N2O3S. The van der Waals surface area contributed by atoms with Crippen LogP contribution in [0.25, 0.3) is 0 Å². The third-order valence-electron chi connectivity index (χ3n) is 3.64. The molecule has 1 aliphatic rings. The number of benzene rings is 1. The zero-order valence-corrected chi connectivity index (χ0v) is 13.1. The van der Waals surface area contributed by atoms with Crippen LogP contribution in [-0.4, -0.2) is 63.0 Å². The second-order valence-corrected chi connectivity index (χ2v) is 7.30. The fraction of sp³-hybridized carbons (Fsp3) is 0.571. The topological polar surface area (TPSA) is 60.9 Å². The number of sulfone groups is 1. The van der Waals surface area contributed by atoms with Gasteiger partial charge in [0.1, 0.15) is 0 Å². The van der Waals surface area contributed by atoms with Gasteiger partial charge in [0.05, 0.1) is 16.7 Å².